The van der Waals surface area contributed by atoms with Crippen LogP contribution in [-0.4, -0.2) is 12.6 Å². The zero-order chi connectivity index (χ0) is 29.5. The lowest BCUT2D eigenvalue weighted by Gasteiger charge is -2.32. The van der Waals surface area contributed by atoms with Gasteiger partial charge in [-0.15, -0.1) is 0 Å². The van der Waals surface area contributed by atoms with E-state index in [2.05, 4.69) is 89.3 Å². The fraction of sp³-hybridized carbons (Fsp3) is 0.605. The monoisotopic (exact) mass is 548 g/mol. The van der Waals surface area contributed by atoms with Crippen molar-refractivity contribution in [3.8, 4) is 0 Å². The predicted molar refractivity (Wildman–Crippen MR) is 176 cm³/mol. The van der Waals surface area contributed by atoms with Crippen molar-refractivity contribution < 1.29 is 9.53 Å². The van der Waals surface area contributed by atoms with E-state index in [1.807, 2.05) is 13.0 Å². The Morgan fingerprint density at radius 2 is 1.50 bits per heavy atom. The smallest absolute Gasteiger partial charge is 0.306 e. The number of hydrogen-bond acceptors (Lipinski definition) is 2. The third kappa shape index (κ3) is 18.1. The molecule has 0 aliphatic heterocycles. The van der Waals surface area contributed by atoms with Crippen LogP contribution in [0.1, 0.15) is 138 Å². The zero-order valence-corrected chi connectivity index (χ0v) is 26.9. The topological polar surface area (TPSA) is 26.3 Å². The lowest BCUT2D eigenvalue weighted by atomic mass is 9.72. The third-order valence-corrected chi connectivity index (χ3v) is 7.78. The van der Waals surface area contributed by atoms with Crippen LogP contribution in [0.4, 0.5) is 0 Å². The van der Waals surface area contributed by atoms with Crippen LogP contribution in [0.15, 0.2) is 83.1 Å². The van der Waals surface area contributed by atoms with Crippen LogP contribution in [-0.2, 0) is 9.53 Å². The number of hydrogen-bond donors (Lipinski definition) is 0. The molecule has 1 rings (SSSR count). The second-order valence-electron chi connectivity index (χ2n) is 12.2. The number of unbranched alkanes of at least 4 members (excludes halogenated alkanes) is 9. The summed E-state index contributed by atoms with van der Waals surface area (Å²) in [5, 5.41) is 0. The molecule has 0 fully saturated rings. The Bertz CT molecular complexity index is 917. The summed E-state index contributed by atoms with van der Waals surface area (Å²) in [6, 6.07) is 0. The minimum absolute atomic E-state index is 0.0893. The predicted octanol–water partition coefficient (Wildman–Crippen LogP) is 11.9. The highest BCUT2D eigenvalue weighted by atomic mass is 16.5. The van der Waals surface area contributed by atoms with E-state index in [1.165, 1.54) is 87.3 Å². The Balaban J connectivity index is 2.14. The van der Waals surface area contributed by atoms with Gasteiger partial charge in [0.2, 0.25) is 0 Å². The molecule has 0 bridgehead atoms. The number of carbonyl (C=O) groups excluding carboxylic acids is 1. The number of allylic oxidation sites excluding steroid dienone is 13. The molecule has 1 aliphatic carbocycles. The van der Waals surface area contributed by atoms with Crippen LogP contribution < -0.4 is 0 Å². The minimum Gasteiger partial charge on any atom is -0.461 e. The summed E-state index contributed by atoms with van der Waals surface area (Å²) in [4.78, 5) is 12.0. The van der Waals surface area contributed by atoms with Crippen LogP contribution in [0.2, 0.25) is 0 Å². The van der Waals surface area contributed by atoms with Gasteiger partial charge in [-0.05, 0) is 89.2 Å². The lowest BCUT2D eigenvalue weighted by molar-refractivity contribution is -0.142. The van der Waals surface area contributed by atoms with E-state index in [-0.39, 0.29) is 11.4 Å². The van der Waals surface area contributed by atoms with E-state index in [0.29, 0.717) is 13.0 Å². The van der Waals surface area contributed by atoms with Crippen molar-refractivity contribution in [3.05, 3.63) is 83.1 Å². The summed E-state index contributed by atoms with van der Waals surface area (Å²) >= 11 is 0. The summed E-state index contributed by atoms with van der Waals surface area (Å²) in [7, 11) is 0. The molecule has 1 aliphatic rings. The Morgan fingerprint density at radius 3 is 2.17 bits per heavy atom. The van der Waals surface area contributed by atoms with Crippen molar-refractivity contribution in [2.24, 2.45) is 5.41 Å². The van der Waals surface area contributed by atoms with E-state index < -0.39 is 0 Å². The van der Waals surface area contributed by atoms with Crippen LogP contribution in [0, 0.1) is 5.41 Å². The van der Waals surface area contributed by atoms with Gasteiger partial charge in [0.25, 0.3) is 0 Å². The maximum Gasteiger partial charge on any atom is 0.306 e. The number of esters is 1. The molecule has 0 aromatic rings. The second kappa shape index (κ2) is 22.4. The van der Waals surface area contributed by atoms with Crippen molar-refractivity contribution in [2.75, 3.05) is 6.61 Å². The van der Waals surface area contributed by atoms with E-state index in [4.69, 9.17) is 4.74 Å². The Morgan fingerprint density at radius 1 is 0.850 bits per heavy atom. The van der Waals surface area contributed by atoms with E-state index >= 15 is 0 Å². The van der Waals surface area contributed by atoms with Gasteiger partial charge < -0.3 is 4.74 Å². The molecule has 0 radical (unpaired) electrons. The molecule has 0 amide bonds. The zero-order valence-electron chi connectivity index (χ0n) is 26.9. The SMILES string of the molecule is CCCCCC/C=C\C=C/CCCCCCCC(=O)OC/C=C(C)/C=C/C=C(C)/C=C/C1=C(C)CCCC1(C)C. The molecule has 2 nitrogen and oxygen atoms in total. The molecular weight excluding hydrogens is 488 g/mol. The maximum atomic E-state index is 12.0. The first-order valence-electron chi connectivity index (χ1n) is 16.1. The molecule has 40 heavy (non-hydrogen) atoms. The van der Waals surface area contributed by atoms with E-state index in [0.717, 1.165) is 24.8 Å². The first-order chi connectivity index (χ1) is 19.3. The van der Waals surface area contributed by atoms with Gasteiger partial charge in [-0.1, -0.05) is 131 Å². The highest BCUT2D eigenvalue weighted by Crippen LogP contribution is 2.40. The van der Waals surface area contributed by atoms with E-state index in [1.54, 1.807) is 0 Å². The molecule has 0 atom stereocenters. The van der Waals surface area contributed by atoms with Gasteiger partial charge in [0, 0.05) is 6.42 Å². The molecule has 0 spiro atoms. The van der Waals surface area contributed by atoms with Crippen molar-refractivity contribution in [3.63, 3.8) is 0 Å². The number of rotatable bonds is 20. The van der Waals surface area contributed by atoms with Gasteiger partial charge in [0.1, 0.15) is 6.61 Å². The Labute approximate surface area is 248 Å². The number of carbonyl (C=O) groups is 1. The standard InChI is InChI=1S/C38H60O2/c1-7-8-9-10-11-12-13-14-15-16-17-18-19-20-21-27-37(39)40-32-30-34(3)25-22-24-33(2)28-29-36-35(4)26-23-31-38(36,5)6/h12-15,22,24-25,28-30H,7-11,16-21,23,26-27,31-32H2,1-6H3/b13-12-,15-14-,25-22+,29-28+,33-24+,34-30+. The van der Waals surface area contributed by atoms with Crippen molar-refractivity contribution in [2.45, 2.75) is 138 Å². The van der Waals surface area contributed by atoms with Crippen LogP contribution >= 0.6 is 0 Å². The molecule has 0 heterocycles. The molecule has 224 valence electrons. The summed E-state index contributed by atoms with van der Waals surface area (Å²) in [5.74, 6) is -0.0893. The summed E-state index contributed by atoms with van der Waals surface area (Å²) < 4.78 is 5.40. The Kier molecular flexibility index (Phi) is 19.9. The average molecular weight is 549 g/mol. The van der Waals surface area contributed by atoms with Gasteiger partial charge in [-0.2, -0.15) is 0 Å². The maximum absolute atomic E-state index is 12.0. The largest absolute Gasteiger partial charge is 0.461 e. The second-order valence-corrected chi connectivity index (χ2v) is 12.2. The average Bonchev–Trinajstić information content (AvgIpc) is 2.90. The fourth-order valence-corrected chi connectivity index (χ4v) is 5.14. The molecule has 2 heteroatoms. The number of ether oxygens (including phenoxy) is 1. The van der Waals surface area contributed by atoms with Crippen LogP contribution in [0.25, 0.3) is 0 Å². The van der Waals surface area contributed by atoms with Gasteiger partial charge in [-0.3, -0.25) is 4.79 Å². The third-order valence-electron chi connectivity index (χ3n) is 7.78. The summed E-state index contributed by atoms with van der Waals surface area (Å²) in [6.45, 7) is 13.8. The molecule has 0 unspecified atom stereocenters. The first kappa shape index (κ1) is 35.7. The van der Waals surface area contributed by atoms with Crippen LogP contribution in [0.3, 0.4) is 0 Å². The van der Waals surface area contributed by atoms with Crippen molar-refractivity contribution in [1.29, 1.82) is 0 Å². The highest BCUT2D eigenvalue weighted by molar-refractivity contribution is 5.69. The molecule has 0 aromatic heterocycles. The summed E-state index contributed by atoms with van der Waals surface area (Å²) in [5.41, 5.74) is 5.62. The lowest BCUT2D eigenvalue weighted by Crippen LogP contribution is -2.19. The highest BCUT2D eigenvalue weighted by Gasteiger charge is 2.26. The molecular formula is C38H60O2. The van der Waals surface area contributed by atoms with Crippen molar-refractivity contribution >= 4 is 5.97 Å². The van der Waals surface area contributed by atoms with Crippen LogP contribution in [0.5, 0.6) is 0 Å². The minimum atomic E-state index is -0.0893. The quantitative estimate of drug-likeness (QED) is 0.0859. The first-order valence-corrected chi connectivity index (χ1v) is 16.1. The van der Waals surface area contributed by atoms with E-state index in [9.17, 15) is 4.79 Å². The van der Waals surface area contributed by atoms with Crippen molar-refractivity contribution in [1.82, 2.24) is 0 Å². The normalized spacial score (nSPS) is 16.9. The van der Waals surface area contributed by atoms with Gasteiger partial charge in [0.15, 0.2) is 0 Å². The van der Waals surface area contributed by atoms with Gasteiger partial charge >= 0.3 is 5.97 Å². The molecule has 0 N–H and O–H groups in total. The molecule has 0 saturated heterocycles. The molecule has 0 saturated carbocycles. The Hall–Kier alpha value is -2.35. The molecule has 0 aromatic carbocycles. The fourth-order valence-electron chi connectivity index (χ4n) is 5.14. The van der Waals surface area contributed by atoms with Gasteiger partial charge in [-0.25, -0.2) is 0 Å². The summed E-state index contributed by atoms with van der Waals surface area (Å²) in [6.07, 6.45) is 39.4. The van der Waals surface area contributed by atoms with Gasteiger partial charge in [0.05, 0.1) is 0 Å².